The molecule has 4 rings (SSSR count). The summed E-state index contributed by atoms with van der Waals surface area (Å²) in [5.74, 6) is -0.0981. The number of fused-ring (bicyclic) bond motifs is 1. The lowest BCUT2D eigenvalue weighted by Crippen LogP contribution is -2.29. The lowest BCUT2D eigenvalue weighted by molar-refractivity contribution is 0.0685. The average Bonchev–Trinajstić information content (AvgIpc) is 2.78. The highest BCUT2D eigenvalue weighted by molar-refractivity contribution is 5.94. The van der Waals surface area contributed by atoms with Crippen LogP contribution in [0.1, 0.15) is 51.5 Å². The fourth-order valence-electron chi connectivity index (χ4n) is 4.16. The SMILES string of the molecule is CNC(=O)c1ccc(Cc2cc3c(=O)n(C4CCOCC4)cnc3c(C)c2C)cc1. The Labute approximate surface area is 175 Å². The molecule has 0 unspecified atom stereocenters. The van der Waals surface area contributed by atoms with Gasteiger partial charge in [-0.1, -0.05) is 12.1 Å². The molecule has 2 heterocycles. The molecular formula is C24H27N3O3. The van der Waals surface area contributed by atoms with Crippen LogP contribution in [0.5, 0.6) is 0 Å². The molecule has 1 fully saturated rings. The van der Waals surface area contributed by atoms with Crippen molar-refractivity contribution < 1.29 is 9.53 Å². The van der Waals surface area contributed by atoms with Gasteiger partial charge in [-0.2, -0.15) is 0 Å². The minimum atomic E-state index is -0.0981. The van der Waals surface area contributed by atoms with Crippen molar-refractivity contribution in [3.05, 3.63) is 74.8 Å². The second-order valence-corrected chi connectivity index (χ2v) is 7.94. The topological polar surface area (TPSA) is 73.2 Å². The second-order valence-electron chi connectivity index (χ2n) is 7.94. The Bertz CT molecular complexity index is 1140. The predicted molar refractivity (Wildman–Crippen MR) is 117 cm³/mol. The number of amides is 1. The molecule has 1 N–H and O–H groups in total. The fraction of sp³-hybridized carbons (Fsp3) is 0.375. The van der Waals surface area contributed by atoms with Gasteiger partial charge in [0.2, 0.25) is 0 Å². The number of aromatic nitrogens is 2. The van der Waals surface area contributed by atoms with Gasteiger partial charge in [0.1, 0.15) is 0 Å². The van der Waals surface area contributed by atoms with Crippen molar-refractivity contribution in [1.82, 2.24) is 14.9 Å². The molecule has 30 heavy (non-hydrogen) atoms. The monoisotopic (exact) mass is 405 g/mol. The van der Waals surface area contributed by atoms with E-state index in [1.165, 1.54) is 0 Å². The van der Waals surface area contributed by atoms with E-state index in [9.17, 15) is 9.59 Å². The lowest BCUT2D eigenvalue weighted by Gasteiger charge is -2.24. The van der Waals surface area contributed by atoms with E-state index in [0.29, 0.717) is 30.6 Å². The largest absolute Gasteiger partial charge is 0.381 e. The van der Waals surface area contributed by atoms with E-state index in [0.717, 1.165) is 40.6 Å². The number of ether oxygens (including phenoxy) is 1. The van der Waals surface area contributed by atoms with Gasteiger partial charge < -0.3 is 10.1 Å². The van der Waals surface area contributed by atoms with Gasteiger partial charge in [0.05, 0.1) is 17.2 Å². The fourth-order valence-corrected chi connectivity index (χ4v) is 4.16. The number of benzene rings is 2. The van der Waals surface area contributed by atoms with Crippen LogP contribution < -0.4 is 10.9 Å². The molecular weight excluding hydrogens is 378 g/mol. The van der Waals surface area contributed by atoms with Crippen LogP contribution in [0.25, 0.3) is 10.9 Å². The number of carbonyl (C=O) groups excluding carboxylic acids is 1. The summed E-state index contributed by atoms with van der Waals surface area (Å²) in [6, 6.07) is 9.73. The maximum Gasteiger partial charge on any atom is 0.261 e. The smallest absolute Gasteiger partial charge is 0.261 e. The number of rotatable bonds is 4. The van der Waals surface area contributed by atoms with Crippen LogP contribution in [0.2, 0.25) is 0 Å². The highest BCUT2D eigenvalue weighted by Gasteiger charge is 2.19. The average molecular weight is 405 g/mol. The van der Waals surface area contributed by atoms with Gasteiger partial charge in [0.25, 0.3) is 11.5 Å². The molecule has 2 aromatic carbocycles. The molecule has 0 saturated carbocycles. The Balaban J connectivity index is 1.73. The number of nitrogens with one attached hydrogen (secondary N) is 1. The number of hydrogen-bond acceptors (Lipinski definition) is 4. The van der Waals surface area contributed by atoms with Crippen molar-refractivity contribution in [2.75, 3.05) is 20.3 Å². The zero-order valence-electron chi connectivity index (χ0n) is 17.7. The van der Waals surface area contributed by atoms with Crippen molar-refractivity contribution in [2.45, 2.75) is 39.2 Å². The van der Waals surface area contributed by atoms with E-state index in [-0.39, 0.29) is 17.5 Å². The van der Waals surface area contributed by atoms with Gasteiger partial charge in [0, 0.05) is 31.9 Å². The van der Waals surface area contributed by atoms with Gasteiger partial charge in [-0.15, -0.1) is 0 Å². The number of hydrogen-bond donors (Lipinski definition) is 1. The summed E-state index contributed by atoms with van der Waals surface area (Å²) < 4.78 is 7.22. The molecule has 1 amide bonds. The Morgan fingerprint density at radius 1 is 1.17 bits per heavy atom. The summed E-state index contributed by atoms with van der Waals surface area (Å²) in [6.07, 6.45) is 4.07. The van der Waals surface area contributed by atoms with Crippen molar-refractivity contribution in [2.24, 2.45) is 0 Å². The van der Waals surface area contributed by atoms with Gasteiger partial charge in [-0.3, -0.25) is 14.2 Å². The standard InChI is InChI=1S/C24H27N3O3/c1-15-16(2)22-21(24(29)27(14-26-22)20-8-10-30-11-9-20)13-19(15)12-17-4-6-18(7-5-17)23(28)25-3/h4-7,13-14,20H,8-12H2,1-3H3,(H,25,28). The van der Waals surface area contributed by atoms with E-state index in [4.69, 9.17) is 4.74 Å². The minimum Gasteiger partial charge on any atom is -0.381 e. The normalized spacial score (nSPS) is 14.8. The molecule has 0 atom stereocenters. The third-order valence-electron chi connectivity index (χ3n) is 6.17. The molecule has 1 aromatic heterocycles. The molecule has 6 nitrogen and oxygen atoms in total. The van der Waals surface area contributed by atoms with Crippen molar-refractivity contribution >= 4 is 16.8 Å². The quantitative estimate of drug-likeness (QED) is 0.723. The molecule has 1 aliphatic rings. The zero-order chi connectivity index (χ0) is 21.3. The van der Waals surface area contributed by atoms with Crippen LogP contribution in [0.15, 0.2) is 41.5 Å². The number of aryl methyl sites for hydroxylation is 1. The first kappa shape index (κ1) is 20.3. The summed E-state index contributed by atoms with van der Waals surface area (Å²) in [5.41, 5.74) is 5.82. The maximum atomic E-state index is 13.3. The zero-order valence-corrected chi connectivity index (χ0v) is 17.7. The van der Waals surface area contributed by atoms with E-state index in [2.05, 4.69) is 17.2 Å². The third kappa shape index (κ3) is 3.75. The lowest BCUT2D eigenvalue weighted by atomic mass is 9.94. The van der Waals surface area contributed by atoms with Crippen LogP contribution in [0, 0.1) is 13.8 Å². The molecule has 1 saturated heterocycles. The summed E-state index contributed by atoms with van der Waals surface area (Å²) in [7, 11) is 1.62. The van der Waals surface area contributed by atoms with Crippen molar-refractivity contribution in [3.63, 3.8) is 0 Å². The molecule has 0 aliphatic carbocycles. The van der Waals surface area contributed by atoms with Gasteiger partial charge in [0.15, 0.2) is 0 Å². The van der Waals surface area contributed by atoms with Crippen molar-refractivity contribution in [1.29, 1.82) is 0 Å². The van der Waals surface area contributed by atoms with Crippen LogP contribution in [-0.4, -0.2) is 35.7 Å². The Kier molecular flexibility index (Phi) is 5.68. The summed E-state index contributed by atoms with van der Waals surface area (Å²) in [6.45, 7) is 5.47. The Hall–Kier alpha value is -2.99. The molecule has 3 aromatic rings. The Morgan fingerprint density at radius 3 is 2.53 bits per heavy atom. The number of carbonyl (C=O) groups is 1. The molecule has 156 valence electrons. The second kappa shape index (κ2) is 8.40. The van der Waals surface area contributed by atoms with Gasteiger partial charge >= 0.3 is 0 Å². The molecule has 0 spiro atoms. The van der Waals surface area contributed by atoms with Gasteiger partial charge in [-0.25, -0.2) is 4.98 Å². The van der Waals surface area contributed by atoms with Crippen molar-refractivity contribution in [3.8, 4) is 0 Å². The summed E-state index contributed by atoms with van der Waals surface area (Å²) in [5, 5.41) is 3.31. The minimum absolute atomic E-state index is 0.0196. The molecule has 6 heteroatoms. The van der Waals surface area contributed by atoms with E-state index >= 15 is 0 Å². The first-order chi connectivity index (χ1) is 14.5. The van der Waals surface area contributed by atoms with Crippen LogP contribution >= 0.6 is 0 Å². The first-order valence-corrected chi connectivity index (χ1v) is 10.4. The Morgan fingerprint density at radius 2 is 1.87 bits per heavy atom. The predicted octanol–water partition coefficient (Wildman–Crippen LogP) is 3.32. The molecule has 0 bridgehead atoms. The summed E-state index contributed by atoms with van der Waals surface area (Å²) in [4.78, 5) is 29.7. The summed E-state index contributed by atoms with van der Waals surface area (Å²) >= 11 is 0. The van der Waals surface area contributed by atoms with Crippen LogP contribution in [-0.2, 0) is 11.2 Å². The highest BCUT2D eigenvalue weighted by atomic mass is 16.5. The first-order valence-electron chi connectivity index (χ1n) is 10.4. The third-order valence-corrected chi connectivity index (χ3v) is 6.17. The maximum absolute atomic E-state index is 13.3. The van der Waals surface area contributed by atoms with Crippen LogP contribution in [0.4, 0.5) is 0 Å². The van der Waals surface area contributed by atoms with Crippen LogP contribution in [0.3, 0.4) is 0 Å². The molecule has 0 radical (unpaired) electrons. The number of nitrogens with zero attached hydrogens (tertiary/aromatic N) is 2. The van der Waals surface area contributed by atoms with E-state index in [1.54, 1.807) is 17.9 Å². The van der Waals surface area contributed by atoms with E-state index < -0.39 is 0 Å². The molecule has 1 aliphatic heterocycles. The van der Waals surface area contributed by atoms with Gasteiger partial charge in [-0.05, 0) is 73.6 Å². The highest BCUT2D eigenvalue weighted by Crippen LogP contribution is 2.25. The van der Waals surface area contributed by atoms with E-state index in [1.807, 2.05) is 37.3 Å².